The normalized spacial score (nSPS) is 16.0. The molecule has 21 heavy (non-hydrogen) atoms. The smallest absolute Gasteiger partial charge is 0.222 e. The predicted octanol–water partition coefficient (Wildman–Crippen LogP) is 2.62. The Labute approximate surface area is 134 Å². The highest BCUT2D eigenvalue weighted by atomic mass is 79.9. The topological polar surface area (TPSA) is 49.8 Å². The third-order valence-corrected chi connectivity index (χ3v) is 4.69. The van der Waals surface area contributed by atoms with Crippen LogP contribution in [0.2, 0.25) is 0 Å². The van der Waals surface area contributed by atoms with E-state index in [9.17, 15) is 4.79 Å². The summed E-state index contributed by atoms with van der Waals surface area (Å²) in [5, 5.41) is 9.12. The van der Waals surface area contributed by atoms with Crippen LogP contribution in [0, 0.1) is 5.92 Å². The number of likely N-dealkylation sites (tertiary alicyclic amines) is 1. The summed E-state index contributed by atoms with van der Waals surface area (Å²) in [6, 6.07) is 5.91. The lowest BCUT2D eigenvalue weighted by atomic mass is 9.97. The van der Waals surface area contributed by atoms with Crippen LogP contribution in [0.3, 0.4) is 0 Å². The molecule has 1 amide bonds. The van der Waals surface area contributed by atoms with Crippen molar-refractivity contribution in [2.75, 3.05) is 26.8 Å². The van der Waals surface area contributed by atoms with Crippen LogP contribution < -0.4 is 4.74 Å². The number of carbonyl (C=O) groups is 1. The van der Waals surface area contributed by atoms with Gasteiger partial charge in [0.2, 0.25) is 5.91 Å². The molecule has 1 aliphatic rings. The molecule has 0 saturated carbocycles. The van der Waals surface area contributed by atoms with Gasteiger partial charge in [0.05, 0.1) is 11.6 Å². The van der Waals surface area contributed by atoms with Crippen molar-refractivity contribution in [3.05, 3.63) is 28.2 Å². The fraction of sp³-hybridized carbons (Fsp3) is 0.562. The van der Waals surface area contributed by atoms with E-state index in [1.54, 1.807) is 7.11 Å². The lowest BCUT2D eigenvalue weighted by molar-refractivity contribution is -0.132. The van der Waals surface area contributed by atoms with Crippen molar-refractivity contribution >= 4 is 21.8 Å². The first-order chi connectivity index (χ1) is 10.1. The minimum Gasteiger partial charge on any atom is -0.496 e. The molecule has 0 bridgehead atoms. The van der Waals surface area contributed by atoms with Gasteiger partial charge in [-0.05, 0) is 58.8 Å². The first-order valence-electron chi connectivity index (χ1n) is 7.35. The van der Waals surface area contributed by atoms with Gasteiger partial charge < -0.3 is 14.7 Å². The maximum Gasteiger partial charge on any atom is 0.222 e. The standard InChI is InChI=1S/C16H22BrNO3/c1-21-15-4-2-12(10-14(15)17)3-5-16(20)18-8-6-13(11-19)7-9-18/h2,4,10,13,19H,3,5-9,11H2,1H3. The van der Waals surface area contributed by atoms with E-state index >= 15 is 0 Å². The second kappa shape index (κ2) is 7.80. The number of carbonyl (C=O) groups excluding carboxylic acids is 1. The Bertz CT molecular complexity index is 484. The maximum absolute atomic E-state index is 12.2. The van der Waals surface area contributed by atoms with Gasteiger partial charge in [-0.25, -0.2) is 0 Å². The number of methoxy groups -OCH3 is 1. The molecule has 0 aromatic heterocycles. The van der Waals surface area contributed by atoms with Gasteiger partial charge in [0.15, 0.2) is 0 Å². The molecule has 0 aliphatic carbocycles. The van der Waals surface area contributed by atoms with Crippen molar-refractivity contribution in [1.82, 2.24) is 4.90 Å². The molecule has 1 aromatic rings. The number of hydrogen-bond acceptors (Lipinski definition) is 3. The first-order valence-corrected chi connectivity index (χ1v) is 8.14. The second-order valence-corrected chi connectivity index (χ2v) is 6.33. The van der Waals surface area contributed by atoms with Gasteiger partial charge in [0.1, 0.15) is 5.75 Å². The van der Waals surface area contributed by atoms with Gasteiger partial charge in [-0.3, -0.25) is 4.79 Å². The number of halogens is 1. The molecule has 1 fully saturated rings. The average Bonchev–Trinajstić information content (AvgIpc) is 2.52. The minimum atomic E-state index is 0.207. The summed E-state index contributed by atoms with van der Waals surface area (Å²) in [7, 11) is 1.64. The van der Waals surface area contributed by atoms with E-state index < -0.39 is 0 Å². The van der Waals surface area contributed by atoms with E-state index in [0.29, 0.717) is 12.3 Å². The zero-order chi connectivity index (χ0) is 15.2. The van der Waals surface area contributed by atoms with Crippen LogP contribution in [-0.4, -0.2) is 42.7 Å². The average molecular weight is 356 g/mol. The van der Waals surface area contributed by atoms with Crippen molar-refractivity contribution in [3.8, 4) is 5.75 Å². The number of aliphatic hydroxyl groups excluding tert-OH is 1. The molecule has 0 spiro atoms. The SMILES string of the molecule is COc1ccc(CCC(=O)N2CCC(CO)CC2)cc1Br. The Morgan fingerprint density at radius 3 is 2.71 bits per heavy atom. The molecule has 0 radical (unpaired) electrons. The summed E-state index contributed by atoms with van der Waals surface area (Å²) in [5.74, 6) is 1.38. The number of piperidine rings is 1. The van der Waals surface area contributed by atoms with E-state index in [2.05, 4.69) is 15.9 Å². The molecule has 1 saturated heterocycles. The van der Waals surface area contributed by atoms with Crippen LogP contribution in [0.25, 0.3) is 0 Å². The highest BCUT2D eigenvalue weighted by molar-refractivity contribution is 9.10. The number of ether oxygens (including phenoxy) is 1. The maximum atomic E-state index is 12.2. The van der Waals surface area contributed by atoms with E-state index in [0.717, 1.165) is 48.1 Å². The molecular weight excluding hydrogens is 334 g/mol. The minimum absolute atomic E-state index is 0.207. The van der Waals surface area contributed by atoms with Gasteiger partial charge in [0.25, 0.3) is 0 Å². The number of benzene rings is 1. The van der Waals surface area contributed by atoms with Crippen molar-refractivity contribution in [2.24, 2.45) is 5.92 Å². The van der Waals surface area contributed by atoms with E-state index in [4.69, 9.17) is 9.84 Å². The van der Waals surface area contributed by atoms with E-state index in [1.807, 2.05) is 23.1 Å². The van der Waals surface area contributed by atoms with Crippen LogP contribution in [0.15, 0.2) is 22.7 Å². The van der Waals surface area contributed by atoms with E-state index in [-0.39, 0.29) is 12.5 Å². The first kappa shape index (κ1) is 16.3. The fourth-order valence-corrected chi connectivity index (χ4v) is 3.23. The van der Waals surface area contributed by atoms with Crippen LogP contribution in [-0.2, 0) is 11.2 Å². The zero-order valence-electron chi connectivity index (χ0n) is 12.3. The largest absolute Gasteiger partial charge is 0.496 e. The van der Waals surface area contributed by atoms with Crippen LogP contribution in [0.1, 0.15) is 24.8 Å². The molecule has 1 aromatic carbocycles. The molecule has 1 heterocycles. The van der Waals surface area contributed by atoms with Crippen molar-refractivity contribution in [3.63, 3.8) is 0 Å². The summed E-state index contributed by atoms with van der Waals surface area (Å²) in [4.78, 5) is 14.1. The van der Waals surface area contributed by atoms with Gasteiger partial charge in [0, 0.05) is 26.1 Å². The number of hydrogen-bond donors (Lipinski definition) is 1. The zero-order valence-corrected chi connectivity index (χ0v) is 13.9. The molecule has 0 unspecified atom stereocenters. The van der Waals surface area contributed by atoms with Crippen LogP contribution >= 0.6 is 15.9 Å². The Hall–Kier alpha value is -1.07. The Balaban J connectivity index is 1.83. The molecule has 2 rings (SSSR count). The highest BCUT2D eigenvalue weighted by Crippen LogP contribution is 2.26. The molecular formula is C16H22BrNO3. The predicted molar refractivity (Wildman–Crippen MR) is 85.4 cm³/mol. The molecule has 5 heteroatoms. The summed E-state index contributed by atoms with van der Waals surface area (Å²) in [5.41, 5.74) is 1.13. The van der Waals surface area contributed by atoms with Gasteiger partial charge in [-0.2, -0.15) is 0 Å². The molecule has 116 valence electrons. The number of aryl methyl sites for hydroxylation is 1. The molecule has 1 aliphatic heterocycles. The van der Waals surface area contributed by atoms with Gasteiger partial charge in [-0.15, -0.1) is 0 Å². The Kier molecular flexibility index (Phi) is 6.06. The quantitative estimate of drug-likeness (QED) is 0.883. The molecule has 0 atom stereocenters. The number of aliphatic hydroxyl groups is 1. The monoisotopic (exact) mass is 355 g/mol. The van der Waals surface area contributed by atoms with Crippen molar-refractivity contribution in [2.45, 2.75) is 25.7 Å². The number of nitrogens with zero attached hydrogens (tertiary/aromatic N) is 1. The number of amides is 1. The third kappa shape index (κ3) is 4.45. The Morgan fingerprint density at radius 1 is 1.43 bits per heavy atom. The van der Waals surface area contributed by atoms with E-state index in [1.165, 1.54) is 0 Å². The number of rotatable bonds is 5. The van der Waals surface area contributed by atoms with Crippen LogP contribution in [0.5, 0.6) is 5.75 Å². The van der Waals surface area contributed by atoms with Gasteiger partial charge >= 0.3 is 0 Å². The molecule has 4 nitrogen and oxygen atoms in total. The van der Waals surface area contributed by atoms with Gasteiger partial charge in [-0.1, -0.05) is 6.07 Å². The molecule has 1 N–H and O–H groups in total. The summed E-state index contributed by atoms with van der Waals surface area (Å²) in [6.45, 7) is 1.79. The second-order valence-electron chi connectivity index (χ2n) is 5.48. The fourth-order valence-electron chi connectivity index (χ4n) is 2.64. The summed E-state index contributed by atoms with van der Waals surface area (Å²) < 4.78 is 6.11. The van der Waals surface area contributed by atoms with Crippen LogP contribution in [0.4, 0.5) is 0 Å². The summed E-state index contributed by atoms with van der Waals surface area (Å²) >= 11 is 3.46. The lowest BCUT2D eigenvalue weighted by Gasteiger charge is -2.31. The van der Waals surface area contributed by atoms with Crippen molar-refractivity contribution < 1.29 is 14.6 Å². The Morgan fingerprint density at radius 2 is 2.14 bits per heavy atom. The lowest BCUT2D eigenvalue weighted by Crippen LogP contribution is -2.39. The van der Waals surface area contributed by atoms with Crippen molar-refractivity contribution in [1.29, 1.82) is 0 Å². The summed E-state index contributed by atoms with van der Waals surface area (Å²) in [6.07, 6.45) is 3.09. The third-order valence-electron chi connectivity index (χ3n) is 4.07. The highest BCUT2D eigenvalue weighted by Gasteiger charge is 2.21.